The molecule has 4 aliphatic rings. The van der Waals surface area contributed by atoms with E-state index in [0.717, 1.165) is 0 Å². The molecule has 27 heavy (non-hydrogen) atoms. The fourth-order valence-electron chi connectivity index (χ4n) is 4.68. The summed E-state index contributed by atoms with van der Waals surface area (Å²) in [5.74, 6) is -0.806. The average molecular weight is 395 g/mol. The molecule has 8 nitrogen and oxygen atoms in total. The monoisotopic (exact) mass is 395 g/mol. The van der Waals surface area contributed by atoms with Crippen LogP contribution in [0.2, 0.25) is 0 Å². The molecular weight excluding hydrogens is 370 g/mol. The summed E-state index contributed by atoms with van der Waals surface area (Å²) in [5, 5.41) is 0. The molecule has 3 amide bonds. The largest absolute Gasteiger partial charge is 0.338 e. The SMILES string of the molecule is CS(=O)(=O)N1CCC(C(=O)N2CC(N3C(=O)C4CC=CCC4C3=O)C2)CC1. The Labute approximate surface area is 159 Å². The zero-order valence-electron chi connectivity index (χ0n) is 15.4. The third kappa shape index (κ3) is 3.20. The Morgan fingerprint density at radius 3 is 2.00 bits per heavy atom. The molecular formula is C18H25N3O5S. The molecule has 2 unspecified atom stereocenters. The number of hydrogen-bond acceptors (Lipinski definition) is 5. The number of nitrogens with zero attached hydrogens (tertiary/aromatic N) is 3. The summed E-state index contributed by atoms with van der Waals surface area (Å²) in [5.41, 5.74) is 0. The van der Waals surface area contributed by atoms with Crippen LogP contribution < -0.4 is 0 Å². The van der Waals surface area contributed by atoms with Crippen molar-refractivity contribution in [1.82, 2.24) is 14.1 Å². The van der Waals surface area contributed by atoms with E-state index < -0.39 is 10.0 Å². The van der Waals surface area contributed by atoms with Crippen LogP contribution in [-0.2, 0) is 24.4 Å². The lowest BCUT2D eigenvalue weighted by Crippen LogP contribution is -2.63. The fourth-order valence-corrected chi connectivity index (χ4v) is 5.55. The van der Waals surface area contributed by atoms with Crippen LogP contribution in [0.1, 0.15) is 25.7 Å². The van der Waals surface area contributed by atoms with E-state index in [0.29, 0.717) is 51.9 Å². The summed E-state index contributed by atoms with van der Waals surface area (Å²) in [7, 11) is -3.21. The Morgan fingerprint density at radius 2 is 1.52 bits per heavy atom. The third-order valence-electron chi connectivity index (χ3n) is 6.35. The highest BCUT2D eigenvalue weighted by Crippen LogP contribution is 2.37. The molecule has 3 aliphatic heterocycles. The highest BCUT2D eigenvalue weighted by Gasteiger charge is 2.52. The van der Waals surface area contributed by atoms with Gasteiger partial charge in [-0.05, 0) is 25.7 Å². The molecule has 9 heteroatoms. The van der Waals surface area contributed by atoms with Gasteiger partial charge in [0.2, 0.25) is 27.7 Å². The maximum Gasteiger partial charge on any atom is 0.233 e. The lowest BCUT2D eigenvalue weighted by Gasteiger charge is -2.45. The Kier molecular flexibility index (Phi) is 4.62. The van der Waals surface area contributed by atoms with Gasteiger partial charge >= 0.3 is 0 Å². The van der Waals surface area contributed by atoms with Crippen molar-refractivity contribution in [2.24, 2.45) is 17.8 Å². The van der Waals surface area contributed by atoms with Crippen molar-refractivity contribution in [3.63, 3.8) is 0 Å². The maximum absolute atomic E-state index is 12.7. The molecule has 2 atom stereocenters. The van der Waals surface area contributed by atoms with Crippen LogP contribution in [0.4, 0.5) is 0 Å². The van der Waals surface area contributed by atoms with E-state index in [1.807, 2.05) is 12.2 Å². The molecule has 4 rings (SSSR count). The van der Waals surface area contributed by atoms with Crippen LogP contribution in [-0.4, -0.2) is 78.7 Å². The minimum Gasteiger partial charge on any atom is -0.338 e. The molecule has 1 aliphatic carbocycles. The first-order valence-corrected chi connectivity index (χ1v) is 11.4. The van der Waals surface area contributed by atoms with E-state index in [1.165, 1.54) is 15.5 Å². The number of rotatable bonds is 3. The molecule has 0 aromatic rings. The molecule has 0 saturated carbocycles. The Balaban J connectivity index is 1.32. The Bertz CT molecular complexity index is 768. The molecule has 0 spiro atoms. The normalized spacial score (nSPS) is 30.6. The van der Waals surface area contributed by atoms with Gasteiger partial charge in [-0.25, -0.2) is 12.7 Å². The first kappa shape index (κ1) is 18.6. The number of sulfonamides is 1. The molecule has 3 heterocycles. The molecule has 0 aromatic carbocycles. The summed E-state index contributed by atoms with van der Waals surface area (Å²) in [6, 6.07) is -0.212. The van der Waals surface area contributed by atoms with Crippen molar-refractivity contribution in [1.29, 1.82) is 0 Å². The molecule has 3 saturated heterocycles. The first-order valence-electron chi connectivity index (χ1n) is 9.53. The molecule has 0 radical (unpaired) electrons. The van der Waals surface area contributed by atoms with Crippen molar-refractivity contribution >= 4 is 27.7 Å². The van der Waals surface area contributed by atoms with Gasteiger partial charge in [0.05, 0.1) is 24.1 Å². The number of piperidine rings is 1. The maximum atomic E-state index is 12.7. The van der Waals surface area contributed by atoms with Crippen LogP contribution >= 0.6 is 0 Å². The van der Waals surface area contributed by atoms with Crippen molar-refractivity contribution in [3.8, 4) is 0 Å². The number of carbonyl (C=O) groups excluding carboxylic acids is 3. The minimum absolute atomic E-state index is 0.0116. The quantitative estimate of drug-likeness (QED) is 0.488. The number of amides is 3. The van der Waals surface area contributed by atoms with E-state index in [2.05, 4.69) is 0 Å². The van der Waals surface area contributed by atoms with Crippen molar-refractivity contribution in [2.75, 3.05) is 32.4 Å². The second-order valence-electron chi connectivity index (χ2n) is 8.04. The van der Waals surface area contributed by atoms with E-state index >= 15 is 0 Å². The lowest BCUT2D eigenvalue weighted by atomic mass is 9.85. The van der Waals surface area contributed by atoms with Crippen molar-refractivity contribution in [3.05, 3.63) is 12.2 Å². The predicted molar refractivity (Wildman–Crippen MR) is 96.7 cm³/mol. The van der Waals surface area contributed by atoms with Gasteiger partial charge in [-0.15, -0.1) is 0 Å². The van der Waals surface area contributed by atoms with Gasteiger partial charge in [0.15, 0.2) is 0 Å². The molecule has 0 N–H and O–H groups in total. The molecule has 0 bridgehead atoms. The fraction of sp³-hybridized carbons (Fsp3) is 0.722. The van der Waals surface area contributed by atoms with Crippen LogP contribution in [0.15, 0.2) is 12.2 Å². The minimum atomic E-state index is -3.21. The zero-order valence-corrected chi connectivity index (χ0v) is 16.2. The van der Waals surface area contributed by atoms with Crippen molar-refractivity contribution in [2.45, 2.75) is 31.7 Å². The Hall–Kier alpha value is -1.74. The van der Waals surface area contributed by atoms with Gasteiger partial charge in [-0.2, -0.15) is 0 Å². The second-order valence-corrected chi connectivity index (χ2v) is 10.0. The van der Waals surface area contributed by atoms with Crippen molar-refractivity contribution < 1.29 is 22.8 Å². The number of carbonyl (C=O) groups is 3. The summed E-state index contributed by atoms with van der Waals surface area (Å²) < 4.78 is 24.6. The summed E-state index contributed by atoms with van der Waals surface area (Å²) in [4.78, 5) is 41.0. The Morgan fingerprint density at radius 1 is 1.00 bits per heavy atom. The highest BCUT2D eigenvalue weighted by molar-refractivity contribution is 7.88. The van der Waals surface area contributed by atoms with E-state index in [-0.39, 0.29) is 41.5 Å². The van der Waals surface area contributed by atoms with E-state index in [4.69, 9.17) is 0 Å². The number of likely N-dealkylation sites (tertiary alicyclic amines) is 2. The number of hydrogen-bond donors (Lipinski definition) is 0. The van der Waals surface area contributed by atoms with E-state index in [9.17, 15) is 22.8 Å². The highest BCUT2D eigenvalue weighted by atomic mass is 32.2. The third-order valence-corrected chi connectivity index (χ3v) is 7.66. The van der Waals surface area contributed by atoms with Gasteiger partial charge in [0.1, 0.15) is 0 Å². The van der Waals surface area contributed by atoms with Gasteiger partial charge in [-0.1, -0.05) is 12.2 Å². The predicted octanol–water partition coefficient (Wildman–Crippen LogP) is -0.180. The van der Waals surface area contributed by atoms with Crippen LogP contribution in [0.5, 0.6) is 0 Å². The molecule has 148 valence electrons. The van der Waals surface area contributed by atoms with Crippen LogP contribution in [0.3, 0.4) is 0 Å². The smallest absolute Gasteiger partial charge is 0.233 e. The van der Waals surface area contributed by atoms with Gasteiger partial charge in [-0.3, -0.25) is 19.3 Å². The van der Waals surface area contributed by atoms with E-state index in [1.54, 1.807) is 4.90 Å². The molecule has 3 fully saturated rings. The lowest BCUT2D eigenvalue weighted by molar-refractivity contribution is -0.155. The number of fused-ring (bicyclic) bond motifs is 1. The van der Waals surface area contributed by atoms with Gasteiger partial charge in [0, 0.05) is 32.1 Å². The summed E-state index contributed by atoms with van der Waals surface area (Å²) >= 11 is 0. The number of imide groups is 1. The van der Waals surface area contributed by atoms with Crippen LogP contribution in [0.25, 0.3) is 0 Å². The number of allylic oxidation sites excluding steroid dienone is 2. The average Bonchev–Trinajstić information content (AvgIpc) is 2.85. The van der Waals surface area contributed by atoms with Gasteiger partial charge in [0.25, 0.3) is 0 Å². The first-order chi connectivity index (χ1) is 12.8. The molecule has 0 aromatic heterocycles. The topological polar surface area (TPSA) is 95.1 Å². The second kappa shape index (κ2) is 6.70. The van der Waals surface area contributed by atoms with Crippen LogP contribution in [0, 0.1) is 17.8 Å². The van der Waals surface area contributed by atoms with Gasteiger partial charge < -0.3 is 4.90 Å². The zero-order chi connectivity index (χ0) is 19.3. The summed E-state index contributed by atoms with van der Waals surface area (Å²) in [6.45, 7) is 1.53. The summed E-state index contributed by atoms with van der Waals surface area (Å²) in [6.07, 6.45) is 7.41. The standard InChI is InChI=1S/C18H25N3O5S/c1-27(25,26)20-8-6-12(7-9-20)16(22)19-10-13(11-19)21-17(23)14-4-2-3-5-15(14)18(21)24/h2-3,12-15H,4-11H2,1H3.